The molecular formula is C17H17NO2S. The molecule has 3 rings (SSSR count). The van der Waals surface area contributed by atoms with Crippen LogP contribution in [0.4, 0.5) is 0 Å². The standard InChI is InChI=1S/C17H17NO2S/c1-12(19)20-14-7-9-15(10-8-14)21-16-6-2-4-13-5-3-11-18-17(13)16/h3,5,7-11,16H,2,4,6H2,1H3. The quantitative estimate of drug-likeness (QED) is 0.629. The zero-order valence-corrected chi connectivity index (χ0v) is 12.7. The Morgan fingerprint density at radius 1 is 1.29 bits per heavy atom. The van der Waals surface area contributed by atoms with Crippen LogP contribution in [0.1, 0.15) is 36.3 Å². The minimum absolute atomic E-state index is 0.291. The predicted molar refractivity (Wildman–Crippen MR) is 83.5 cm³/mol. The van der Waals surface area contributed by atoms with E-state index in [0.29, 0.717) is 11.0 Å². The van der Waals surface area contributed by atoms with E-state index in [2.05, 4.69) is 11.1 Å². The van der Waals surface area contributed by atoms with Crippen LogP contribution in [0.25, 0.3) is 0 Å². The lowest BCUT2D eigenvalue weighted by atomic mass is 9.96. The molecule has 0 spiro atoms. The summed E-state index contributed by atoms with van der Waals surface area (Å²) >= 11 is 1.83. The number of nitrogens with zero attached hydrogens (tertiary/aromatic N) is 1. The number of thioether (sulfide) groups is 1. The van der Waals surface area contributed by atoms with Gasteiger partial charge in [0.25, 0.3) is 0 Å². The maximum absolute atomic E-state index is 10.9. The van der Waals surface area contributed by atoms with Crippen LogP contribution in [0.15, 0.2) is 47.5 Å². The summed E-state index contributed by atoms with van der Waals surface area (Å²) in [6, 6.07) is 11.9. The Bertz CT molecular complexity index is 639. The van der Waals surface area contributed by atoms with Crippen LogP contribution < -0.4 is 4.74 Å². The first-order valence-electron chi connectivity index (χ1n) is 7.11. The SMILES string of the molecule is CC(=O)Oc1ccc(SC2CCCc3cccnc32)cc1. The van der Waals surface area contributed by atoms with Gasteiger partial charge in [-0.1, -0.05) is 6.07 Å². The number of benzene rings is 1. The fourth-order valence-corrected chi connectivity index (χ4v) is 3.83. The highest BCUT2D eigenvalue weighted by Crippen LogP contribution is 2.42. The zero-order valence-electron chi connectivity index (χ0n) is 11.9. The van der Waals surface area contributed by atoms with E-state index in [1.54, 1.807) is 0 Å². The van der Waals surface area contributed by atoms with Crippen LogP contribution >= 0.6 is 11.8 Å². The molecule has 2 aromatic rings. The summed E-state index contributed by atoms with van der Waals surface area (Å²) in [5, 5.41) is 0.412. The van der Waals surface area contributed by atoms with E-state index in [1.165, 1.54) is 29.5 Å². The van der Waals surface area contributed by atoms with Gasteiger partial charge in [0.15, 0.2) is 0 Å². The highest BCUT2D eigenvalue weighted by atomic mass is 32.2. The van der Waals surface area contributed by atoms with Crippen molar-refractivity contribution in [2.75, 3.05) is 0 Å². The molecule has 1 aliphatic rings. The fraction of sp³-hybridized carbons (Fsp3) is 0.294. The van der Waals surface area contributed by atoms with Crippen molar-refractivity contribution in [2.24, 2.45) is 0 Å². The van der Waals surface area contributed by atoms with Crippen molar-refractivity contribution in [3.8, 4) is 5.75 Å². The molecule has 1 aromatic heterocycles. The van der Waals surface area contributed by atoms with Crippen molar-refractivity contribution in [2.45, 2.75) is 36.3 Å². The van der Waals surface area contributed by atoms with Crippen molar-refractivity contribution >= 4 is 17.7 Å². The van der Waals surface area contributed by atoms with E-state index in [4.69, 9.17) is 4.74 Å². The summed E-state index contributed by atoms with van der Waals surface area (Å²) in [6.07, 6.45) is 5.37. The number of aryl methyl sites for hydroxylation is 1. The molecule has 1 heterocycles. The van der Waals surface area contributed by atoms with Gasteiger partial charge in [-0.2, -0.15) is 0 Å². The van der Waals surface area contributed by atoms with Crippen LogP contribution in [0.5, 0.6) is 5.75 Å². The molecule has 0 N–H and O–H groups in total. The largest absolute Gasteiger partial charge is 0.427 e. The van der Waals surface area contributed by atoms with Gasteiger partial charge in [-0.15, -0.1) is 11.8 Å². The number of hydrogen-bond acceptors (Lipinski definition) is 4. The monoisotopic (exact) mass is 299 g/mol. The van der Waals surface area contributed by atoms with Crippen molar-refractivity contribution in [3.63, 3.8) is 0 Å². The first kappa shape index (κ1) is 14.1. The molecule has 1 atom stereocenters. The summed E-state index contributed by atoms with van der Waals surface area (Å²) in [7, 11) is 0. The number of pyridine rings is 1. The fourth-order valence-electron chi connectivity index (χ4n) is 2.60. The number of carbonyl (C=O) groups excluding carboxylic acids is 1. The lowest BCUT2D eigenvalue weighted by Gasteiger charge is -2.23. The van der Waals surface area contributed by atoms with Gasteiger partial charge in [0, 0.05) is 18.0 Å². The summed E-state index contributed by atoms with van der Waals surface area (Å²) in [6.45, 7) is 1.41. The van der Waals surface area contributed by atoms with Crippen molar-refractivity contribution in [3.05, 3.63) is 53.9 Å². The Balaban J connectivity index is 1.74. The third-order valence-electron chi connectivity index (χ3n) is 3.51. The molecule has 0 aliphatic heterocycles. The minimum Gasteiger partial charge on any atom is -0.427 e. The number of hydrogen-bond donors (Lipinski definition) is 0. The van der Waals surface area contributed by atoms with E-state index < -0.39 is 0 Å². The van der Waals surface area contributed by atoms with Gasteiger partial charge < -0.3 is 4.74 Å². The van der Waals surface area contributed by atoms with Crippen LogP contribution in [-0.4, -0.2) is 11.0 Å². The molecule has 1 aromatic carbocycles. The van der Waals surface area contributed by atoms with E-state index in [-0.39, 0.29) is 5.97 Å². The van der Waals surface area contributed by atoms with Crippen LogP contribution in [0.3, 0.4) is 0 Å². The Morgan fingerprint density at radius 2 is 2.10 bits per heavy atom. The normalized spacial score (nSPS) is 17.1. The average Bonchev–Trinajstić information content (AvgIpc) is 2.49. The number of ether oxygens (including phenoxy) is 1. The number of fused-ring (bicyclic) bond motifs is 1. The molecule has 3 nitrogen and oxygen atoms in total. The predicted octanol–water partition coefficient (Wildman–Crippen LogP) is 4.18. The third kappa shape index (κ3) is 3.45. The second-order valence-electron chi connectivity index (χ2n) is 5.11. The molecule has 1 aliphatic carbocycles. The second kappa shape index (κ2) is 6.31. The van der Waals surface area contributed by atoms with Crippen molar-refractivity contribution < 1.29 is 9.53 Å². The number of esters is 1. The molecule has 0 radical (unpaired) electrons. The van der Waals surface area contributed by atoms with Gasteiger partial charge >= 0.3 is 5.97 Å². The van der Waals surface area contributed by atoms with Gasteiger partial charge in [-0.05, 0) is 55.2 Å². The molecule has 0 saturated heterocycles. The highest BCUT2D eigenvalue weighted by Gasteiger charge is 2.22. The molecular weight excluding hydrogens is 282 g/mol. The third-order valence-corrected chi connectivity index (χ3v) is 4.79. The molecule has 21 heavy (non-hydrogen) atoms. The number of rotatable bonds is 3. The molecule has 4 heteroatoms. The van der Waals surface area contributed by atoms with E-state index in [1.807, 2.05) is 48.3 Å². The van der Waals surface area contributed by atoms with Crippen LogP contribution in [0, 0.1) is 0 Å². The maximum Gasteiger partial charge on any atom is 0.308 e. The van der Waals surface area contributed by atoms with Gasteiger partial charge in [-0.25, -0.2) is 0 Å². The molecule has 0 saturated carbocycles. The average molecular weight is 299 g/mol. The number of carbonyl (C=O) groups is 1. The summed E-state index contributed by atoms with van der Waals surface area (Å²) < 4.78 is 5.05. The van der Waals surface area contributed by atoms with E-state index >= 15 is 0 Å². The van der Waals surface area contributed by atoms with Crippen molar-refractivity contribution in [1.29, 1.82) is 0 Å². The smallest absolute Gasteiger partial charge is 0.308 e. The van der Waals surface area contributed by atoms with Gasteiger partial charge in [0.1, 0.15) is 5.75 Å². The van der Waals surface area contributed by atoms with Crippen LogP contribution in [0.2, 0.25) is 0 Å². The van der Waals surface area contributed by atoms with E-state index in [0.717, 1.165) is 12.8 Å². The van der Waals surface area contributed by atoms with Crippen molar-refractivity contribution in [1.82, 2.24) is 4.98 Å². The summed E-state index contributed by atoms with van der Waals surface area (Å²) in [4.78, 5) is 16.7. The lowest BCUT2D eigenvalue weighted by Crippen LogP contribution is -2.09. The molecule has 0 bridgehead atoms. The molecule has 1 unspecified atom stereocenters. The summed E-state index contributed by atoms with van der Waals surface area (Å²) in [5.74, 6) is 0.301. The topological polar surface area (TPSA) is 39.2 Å². The molecule has 0 amide bonds. The Kier molecular flexibility index (Phi) is 4.25. The Morgan fingerprint density at radius 3 is 2.86 bits per heavy atom. The van der Waals surface area contributed by atoms with Crippen LogP contribution in [-0.2, 0) is 11.2 Å². The van der Waals surface area contributed by atoms with Gasteiger partial charge in [-0.3, -0.25) is 9.78 Å². The maximum atomic E-state index is 10.9. The van der Waals surface area contributed by atoms with Gasteiger partial charge in [0.2, 0.25) is 0 Å². The van der Waals surface area contributed by atoms with E-state index in [9.17, 15) is 4.79 Å². The highest BCUT2D eigenvalue weighted by molar-refractivity contribution is 7.99. The number of aromatic nitrogens is 1. The Hall–Kier alpha value is -1.81. The second-order valence-corrected chi connectivity index (χ2v) is 6.39. The first-order chi connectivity index (χ1) is 10.2. The zero-order chi connectivity index (χ0) is 14.7. The molecule has 0 fully saturated rings. The first-order valence-corrected chi connectivity index (χ1v) is 7.99. The summed E-state index contributed by atoms with van der Waals surface area (Å²) in [5.41, 5.74) is 2.59. The van der Waals surface area contributed by atoms with Gasteiger partial charge in [0.05, 0.1) is 10.9 Å². The molecule has 108 valence electrons. The minimum atomic E-state index is -0.291. The lowest BCUT2D eigenvalue weighted by molar-refractivity contribution is -0.131. The Labute approximate surface area is 128 Å².